The molecule has 0 aromatic rings. The average molecular weight is 298 g/mol. The zero-order valence-electron chi connectivity index (χ0n) is 13.7. The van der Waals surface area contributed by atoms with Crippen molar-refractivity contribution < 1.29 is 4.79 Å². The van der Waals surface area contributed by atoms with E-state index < -0.39 is 0 Å². The van der Waals surface area contributed by atoms with E-state index in [0.29, 0.717) is 18.4 Å². The summed E-state index contributed by atoms with van der Waals surface area (Å²) in [6, 6.07) is 2.85. The van der Waals surface area contributed by atoms with Gasteiger partial charge in [0.05, 0.1) is 6.07 Å². The van der Waals surface area contributed by atoms with Crippen molar-refractivity contribution in [2.45, 2.75) is 64.8 Å². The van der Waals surface area contributed by atoms with Gasteiger partial charge in [0.25, 0.3) is 0 Å². The Kier molecular flexibility index (Phi) is 2.99. The van der Waals surface area contributed by atoms with E-state index >= 15 is 0 Å². The molecule has 6 atom stereocenters. The van der Waals surface area contributed by atoms with Crippen LogP contribution in [0.15, 0.2) is 11.6 Å². The number of piperidine rings is 1. The first-order chi connectivity index (χ1) is 10.5. The Hall–Kier alpha value is -1.30. The Labute approximate surface area is 133 Å². The predicted octanol–water partition coefficient (Wildman–Crippen LogP) is 3.57. The molecule has 22 heavy (non-hydrogen) atoms. The van der Waals surface area contributed by atoms with Crippen molar-refractivity contribution in [1.29, 1.82) is 5.26 Å². The lowest BCUT2D eigenvalue weighted by molar-refractivity contribution is -0.134. The van der Waals surface area contributed by atoms with Crippen LogP contribution in [0.5, 0.6) is 0 Å². The molecule has 1 aliphatic heterocycles. The van der Waals surface area contributed by atoms with E-state index in [1.807, 2.05) is 0 Å². The van der Waals surface area contributed by atoms with Crippen LogP contribution in [0, 0.1) is 39.9 Å². The molecule has 118 valence electrons. The van der Waals surface area contributed by atoms with Crippen LogP contribution in [0.4, 0.5) is 0 Å². The summed E-state index contributed by atoms with van der Waals surface area (Å²) in [5.74, 6) is 2.35. The fraction of sp³-hybridized carbons (Fsp3) is 0.789. The highest BCUT2D eigenvalue weighted by atomic mass is 16.1. The molecule has 3 fully saturated rings. The Morgan fingerprint density at radius 3 is 2.82 bits per heavy atom. The first-order valence-electron chi connectivity index (χ1n) is 8.89. The molecule has 1 saturated heterocycles. The summed E-state index contributed by atoms with van der Waals surface area (Å²) in [6.07, 6.45) is 9.76. The molecule has 3 heteroatoms. The minimum atomic E-state index is 0.122. The fourth-order valence-electron chi connectivity index (χ4n) is 6.44. The number of hydrogen-bond acceptors (Lipinski definition) is 2. The third-order valence-corrected chi connectivity index (χ3v) is 7.80. The third-order valence-electron chi connectivity index (χ3n) is 7.80. The smallest absolute Gasteiger partial charge is 0.220 e. The van der Waals surface area contributed by atoms with E-state index in [0.717, 1.165) is 43.1 Å². The van der Waals surface area contributed by atoms with Crippen molar-refractivity contribution in [3.05, 3.63) is 11.6 Å². The van der Waals surface area contributed by atoms with Gasteiger partial charge in [-0.25, -0.2) is 0 Å². The Morgan fingerprint density at radius 1 is 1.23 bits per heavy atom. The van der Waals surface area contributed by atoms with Gasteiger partial charge in [-0.15, -0.1) is 0 Å². The first-order valence-corrected chi connectivity index (χ1v) is 8.89. The minimum absolute atomic E-state index is 0.122. The molecule has 0 aromatic carbocycles. The second-order valence-electron chi connectivity index (χ2n) is 8.50. The van der Waals surface area contributed by atoms with Crippen molar-refractivity contribution in [3.63, 3.8) is 0 Å². The fourth-order valence-corrected chi connectivity index (χ4v) is 6.44. The highest BCUT2D eigenvalue weighted by Gasteiger charge is 2.58. The van der Waals surface area contributed by atoms with Gasteiger partial charge >= 0.3 is 0 Å². The molecule has 3 nitrogen and oxygen atoms in total. The first kappa shape index (κ1) is 14.3. The molecule has 0 radical (unpaired) electrons. The maximum absolute atomic E-state index is 11.8. The van der Waals surface area contributed by atoms with E-state index in [-0.39, 0.29) is 16.7 Å². The van der Waals surface area contributed by atoms with Crippen LogP contribution in [0.3, 0.4) is 0 Å². The summed E-state index contributed by atoms with van der Waals surface area (Å²) >= 11 is 0. The van der Waals surface area contributed by atoms with Gasteiger partial charge in [-0.05, 0) is 61.7 Å². The summed E-state index contributed by atoms with van der Waals surface area (Å²) in [7, 11) is 0. The summed E-state index contributed by atoms with van der Waals surface area (Å²) in [4.78, 5) is 11.8. The van der Waals surface area contributed by atoms with Gasteiger partial charge < -0.3 is 5.32 Å². The number of nitrogens with zero attached hydrogens (tertiary/aromatic N) is 1. The van der Waals surface area contributed by atoms with Crippen molar-refractivity contribution >= 4 is 5.91 Å². The van der Waals surface area contributed by atoms with Crippen LogP contribution >= 0.6 is 0 Å². The zero-order valence-corrected chi connectivity index (χ0v) is 13.7. The van der Waals surface area contributed by atoms with E-state index in [4.69, 9.17) is 0 Å². The van der Waals surface area contributed by atoms with E-state index in [9.17, 15) is 10.1 Å². The highest BCUT2D eigenvalue weighted by Crippen LogP contribution is 2.63. The SMILES string of the molecule is C[C@]12CCC(=O)NC1CC[C@@H]1[C@H]2CC[C@]2(C)C(C#N)=CC[C@@H]12. The molecular formula is C19H26N2O. The second-order valence-corrected chi connectivity index (χ2v) is 8.50. The molecule has 3 aliphatic carbocycles. The maximum atomic E-state index is 11.8. The zero-order chi connectivity index (χ0) is 15.5. The van der Waals surface area contributed by atoms with Crippen LogP contribution in [0.25, 0.3) is 0 Å². The predicted molar refractivity (Wildman–Crippen MR) is 84.6 cm³/mol. The van der Waals surface area contributed by atoms with E-state index in [1.54, 1.807) is 0 Å². The van der Waals surface area contributed by atoms with Gasteiger partial charge in [-0.1, -0.05) is 19.9 Å². The average Bonchev–Trinajstić information content (AvgIpc) is 2.84. The lowest BCUT2D eigenvalue weighted by Gasteiger charge is -2.59. The number of hydrogen-bond donors (Lipinski definition) is 1. The number of allylic oxidation sites excluding steroid dienone is 2. The number of carbonyl (C=O) groups is 1. The van der Waals surface area contributed by atoms with Crippen LogP contribution in [-0.4, -0.2) is 11.9 Å². The van der Waals surface area contributed by atoms with Gasteiger partial charge in [-0.3, -0.25) is 4.79 Å². The van der Waals surface area contributed by atoms with Crippen molar-refractivity contribution in [2.75, 3.05) is 0 Å². The van der Waals surface area contributed by atoms with Gasteiger partial charge in [-0.2, -0.15) is 5.26 Å². The molecule has 1 N–H and O–H groups in total. The van der Waals surface area contributed by atoms with Crippen LogP contribution in [0.2, 0.25) is 0 Å². The van der Waals surface area contributed by atoms with Gasteiger partial charge in [0.15, 0.2) is 0 Å². The standard InChI is InChI=1S/C19H26N2O/c1-18-9-7-15-13(14(18)5-3-12(18)11-20)4-6-16-19(15,2)10-8-17(22)21-16/h3,13-16H,4-10H2,1-2H3,(H,21,22)/t13-,14-,15+,16?,18+,19+/m0/s1. The Balaban J connectivity index is 1.64. The van der Waals surface area contributed by atoms with Crippen molar-refractivity contribution in [2.24, 2.45) is 28.6 Å². The topological polar surface area (TPSA) is 52.9 Å². The summed E-state index contributed by atoms with van der Waals surface area (Å²) in [6.45, 7) is 4.75. The minimum Gasteiger partial charge on any atom is -0.353 e. The summed E-state index contributed by atoms with van der Waals surface area (Å²) in [5, 5.41) is 12.7. The lowest BCUT2D eigenvalue weighted by atomic mass is 9.47. The lowest BCUT2D eigenvalue weighted by Crippen LogP contribution is -2.60. The van der Waals surface area contributed by atoms with Crippen molar-refractivity contribution in [3.8, 4) is 6.07 Å². The van der Waals surface area contributed by atoms with Gasteiger partial charge in [0.2, 0.25) is 5.91 Å². The molecule has 0 bridgehead atoms. The monoisotopic (exact) mass is 298 g/mol. The molecule has 1 amide bonds. The van der Waals surface area contributed by atoms with Crippen LogP contribution < -0.4 is 5.32 Å². The normalized spacial score (nSPS) is 50.0. The number of rotatable bonds is 0. The van der Waals surface area contributed by atoms with Crippen molar-refractivity contribution in [1.82, 2.24) is 5.32 Å². The number of amides is 1. The number of carbonyl (C=O) groups excluding carboxylic acids is 1. The molecule has 0 spiro atoms. The van der Waals surface area contributed by atoms with Crippen LogP contribution in [-0.2, 0) is 4.79 Å². The highest BCUT2D eigenvalue weighted by molar-refractivity contribution is 5.77. The molecular weight excluding hydrogens is 272 g/mol. The largest absolute Gasteiger partial charge is 0.353 e. The van der Waals surface area contributed by atoms with E-state index in [2.05, 4.69) is 31.3 Å². The molecule has 4 rings (SSSR count). The molecule has 1 heterocycles. The number of fused-ring (bicyclic) bond motifs is 5. The summed E-state index contributed by atoms with van der Waals surface area (Å²) in [5.41, 5.74) is 1.44. The quantitative estimate of drug-likeness (QED) is 0.743. The van der Waals surface area contributed by atoms with Gasteiger partial charge in [0.1, 0.15) is 0 Å². The maximum Gasteiger partial charge on any atom is 0.220 e. The van der Waals surface area contributed by atoms with Gasteiger partial charge in [0, 0.05) is 23.5 Å². The molecule has 1 unspecified atom stereocenters. The molecule has 4 aliphatic rings. The molecule has 0 aromatic heterocycles. The van der Waals surface area contributed by atoms with E-state index in [1.165, 1.54) is 12.8 Å². The molecule has 2 saturated carbocycles. The Morgan fingerprint density at radius 2 is 2.05 bits per heavy atom. The Bertz CT molecular complexity index is 589. The third kappa shape index (κ3) is 1.70. The second kappa shape index (κ2) is 4.60. The number of nitriles is 1. The summed E-state index contributed by atoms with van der Waals surface area (Å²) < 4.78 is 0. The number of nitrogens with one attached hydrogen (secondary N) is 1. The van der Waals surface area contributed by atoms with Crippen LogP contribution in [0.1, 0.15) is 58.8 Å².